The van der Waals surface area contributed by atoms with E-state index in [1.807, 2.05) is 13.0 Å². The molecule has 0 spiro atoms. The third-order valence-electron chi connectivity index (χ3n) is 3.44. The van der Waals surface area contributed by atoms with Gasteiger partial charge in [0.2, 0.25) is 6.29 Å². The molecule has 1 saturated heterocycles. The maximum Gasteiger partial charge on any atom is 0.277 e. The van der Waals surface area contributed by atoms with Gasteiger partial charge in [-0.2, -0.15) is 0 Å². The number of phenols is 1. The Balaban J connectivity index is 1.82. The second-order valence-electron chi connectivity index (χ2n) is 5.18. The lowest BCUT2D eigenvalue weighted by Gasteiger charge is -2.36. The minimum Gasteiger partial charge on any atom is -0.507 e. The number of hydrogen-bond donors (Lipinski definition) is 1. The molecule has 0 aliphatic carbocycles. The Morgan fingerprint density at radius 3 is 2.55 bits per heavy atom. The van der Waals surface area contributed by atoms with Crippen LogP contribution in [0.5, 0.6) is 5.75 Å². The van der Waals surface area contributed by atoms with Crippen LogP contribution in [-0.4, -0.2) is 28.7 Å². The smallest absolute Gasteiger partial charge is 0.277 e. The van der Waals surface area contributed by atoms with Crippen molar-refractivity contribution in [3.05, 3.63) is 65.7 Å². The minimum atomic E-state index is -0.808. The van der Waals surface area contributed by atoms with Crippen LogP contribution in [-0.2, 0) is 9.57 Å². The summed E-state index contributed by atoms with van der Waals surface area (Å²) >= 11 is 0. The Morgan fingerprint density at radius 2 is 1.82 bits per heavy atom. The summed E-state index contributed by atoms with van der Waals surface area (Å²) in [6, 6.07) is 15.7. The molecule has 2 unspecified atom stereocenters. The zero-order valence-corrected chi connectivity index (χ0v) is 12.2. The van der Waals surface area contributed by atoms with Crippen molar-refractivity contribution in [3.8, 4) is 5.75 Å². The quantitative estimate of drug-likeness (QED) is 0.926. The van der Waals surface area contributed by atoms with Gasteiger partial charge in [0.1, 0.15) is 5.75 Å². The number of rotatable bonds is 2. The van der Waals surface area contributed by atoms with Crippen LogP contribution in [0.4, 0.5) is 0 Å². The summed E-state index contributed by atoms with van der Waals surface area (Å²) in [6.45, 7) is 2.19. The van der Waals surface area contributed by atoms with Crippen LogP contribution in [0.1, 0.15) is 29.1 Å². The molecule has 5 nitrogen and oxygen atoms in total. The predicted octanol–water partition coefficient (Wildman–Crippen LogP) is 2.88. The van der Waals surface area contributed by atoms with E-state index in [2.05, 4.69) is 0 Å². The van der Waals surface area contributed by atoms with Gasteiger partial charge in [-0.25, -0.2) is 9.90 Å². The van der Waals surface area contributed by atoms with E-state index < -0.39 is 6.29 Å². The van der Waals surface area contributed by atoms with Gasteiger partial charge in [-0.1, -0.05) is 36.4 Å². The molecule has 5 heteroatoms. The Kier molecular flexibility index (Phi) is 4.09. The molecule has 22 heavy (non-hydrogen) atoms. The first kappa shape index (κ1) is 14.6. The van der Waals surface area contributed by atoms with Gasteiger partial charge in [-0.3, -0.25) is 4.79 Å². The van der Waals surface area contributed by atoms with Crippen molar-refractivity contribution in [3.63, 3.8) is 0 Å². The fourth-order valence-corrected chi connectivity index (χ4v) is 2.34. The molecular weight excluding hydrogens is 282 g/mol. The minimum absolute atomic E-state index is 0.0775. The molecule has 114 valence electrons. The molecule has 2 aromatic rings. The standard InChI is InChI=1S/C17H17NO4/c1-12-11-18(16(20)13-7-3-2-4-8-13)22-17(21-12)14-9-5-6-10-15(14)19/h2-10,12,17,19H,11H2,1H3. The lowest BCUT2D eigenvalue weighted by molar-refractivity contribution is -0.320. The Hall–Kier alpha value is -2.37. The lowest BCUT2D eigenvalue weighted by Crippen LogP contribution is -2.44. The highest BCUT2D eigenvalue weighted by Gasteiger charge is 2.32. The zero-order valence-electron chi connectivity index (χ0n) is 12.2. The van der Waals surface area contributed by atoms with Crippen LogP contribution in [0.25, 0.3) is 0 Å². The Labute approximate surface area is 128 Å². The van der Waals surface area contributed by atoms with Crippen LogP contribution < -0.4 is 0 Å². The predicted molar refractivity (Wildman–Crippen MR) is 80.0 cm³/mol. The average molecular weight is 299 g/mol. The van der Waals surface area contributed by atoms with Gasteiger partial charge in [0.25, 0.3) is 5.91 Å². The molecule has 0 saturated carbocycles. The van der Waals surface area contributed by atoms with E-state index in [4.69, 9.17) is 9.57 Å². The molecule has 1 heterocycles. The average Bonchev–Trinajstić information content (AvgIpc) is 2.55. The fourth-order valence-electron chi connectivity index (χ4n) is 2.34. The van der Waals surface area contributed by atoms with Crippen molar-refractivity contribution in [2.24, 2.45) is 0 Å². The van der Waals surface area contributed by atoms with Crippen LogP contribution in [0, 0.1) is 0 Å². The van der Waals surface area contributed by atoms with Gasteiger partial charge < -0.3 is 9.84 Å². The van der Waals surface area contributed by atoms with Crippen molar-refractivity contribution in [1.29, 1.82) is 0 Å². The number of nitrogens with zero attached hydrogens (tertiary/aromatic N) is 1. The molecule has 0 aromatic heterocycles. The van der Waals surface area contributed by atoms with Crippen molar-refractivity contribution < 1.29 is 19.5 Å². The number of amides is 1. The van der Waals surface area contributed by atoms with Crippen LogP contribution in [0.2, 0.25) is 0 Å². The van der Waals surface area contributed by atoms with E-state index in [0.29, 0.717) is 17.7 Å². The van der Waals surface area contributed by atoms with E-state index >= 15 is 0 Å². The molecule has 1 amide bonds. The number of hydrogen-bond acceptors (Lipinski definition) is 4. The molecule has 0 radical (unpaired) electrons. The van der Waals surface area contributed by atoms with Crippen molar-refractivity contribution >= 4 is 5.91 Å². The van der Waals surface area contributed by atoms with E-state index in [-0.39, 0.29) is 17.8 Å². The summed E-state index contributed by atoms with van der Waals surface area (Å²) in [5, 5.41) is 11.2. The molecule has 3 rings (SSSR count). The topological polar surface area (TPSA) is 59.0 Å². The van der Waals surface area contributed by atoms with Gasteiger partial charge in [0, 0.05) is 5.56 Å². The monoisotopic (exact) mass is 299 g/mol. The summed E-state index contributed by atoms with van der Waals surface area (Å²) in [6.07, 6.45) is -1.01. The van der Waals surface area contributed by atoms with E-state index in [9.17, 15) is 9.90 Å². The first-order valence-electron chi connectivity index (χ1n) is 7.12. The zero-order chi connectivity index (χ0) is 15.5. The third-order valence-corrected chi connectivity index (χ3v) is 3.44. The number of carbonyl (C=O) groups is 1. The molecule has 1 aliphatic rings. The number of hydroxylamine groups is 2. The normalized spacial score (nSPS) is 21.6. The summed E-state index contributed by atoms with van der Waals surface area (Å²) in [7, 11) is 0. The maximum absolute atomic E-state index is 12.5. The molecule has 1 aliphatic heterocycles. The van der Waals surface area contributed by atoms with E-state index in [1.165, 1.54) is 5.06 Å². The van der Waals surface area contributed by atoms with Crippen LogP contribution in [0.15, 0.2) is 54.6 Å². The summed E-state index contributed by atoms with van der Waals surface area (Å²) in [4.78, 5) is 18.1. The van der Waals surface area contributed by atoms with Crippen molar-refractivity contribution in [1.82, 2.24) is 5.06 Å². The maximum atomic E-state index is 12.5. The second kappa shape index (κ2) is 6.17. The number of phenolic OH excluding ortho intramolecular Hbond substituents is 1. The molecular formula is C17H17NO4. The fraction of sp³-hybridized carbons (Fsp3) is 0.235. The molecule has 1 N–H and O–H groups in total. The van der Waals surface area contributed by atoms with Crippen LogP contribution in [0.3, 0.4) is 0 Å². The number of ether oxygens (including phenoxy) is 1. The molecule has 0 bridgehead atoms. The van der Waals surface area contributed by atoms with Gasteiger partial charge in [0.15, 0.2) is 0 Å². The Morgan fingerprint density at radius 1 is 1.14 bits per heavy atom. The van der Waals surface area contributed by atoms with E-state index in [1.54, 1.807) is 48.5 Å². The highest BCUT2D eigenvalue weighted by Crippen LogP contribution is 2.32. The number of aromatic hydroxyl groups is 1. The largest absolute Gasteiger partial charge is 0.507 e. The number of carbonyl (C=O) groups excluding carboxylic acids is 1. The summed E-state index contributed by atoms with van der Waals surface area (Å²) in [5.41, 5.74) is 1.05. The number of benzene rings is 2. The summed E-state index contributed by atoms with van der Waals surface area (Å²) in [5.74, 6) is -0.148. The van der Waals surface area contributed by atoms with Gasteiger partial charge in [-0.05, 0) is 25.1 Å². The molecule has 1 fully saturated rings. The van der Waals surface area contributed by atoms with Gasteiger partial charge in [0.05, 0.1) is 18.2 Å². The van der Waals surface area contributed by atoms with Crippen molar-refractivity contribution in [2.75, 3.05) is 6.54 Å². The third kappa shape index (κ3) is 2.95. The van der Waals surface area contributed by atoms with Crippen molar-refractivity contribution in [2.45, 2.75) is 19.3 Å². The first-order valence-corrected chi connectivity index (χ1v) is 7.12. The summed E-state index contributed by atoms with van der Waals surface area (Å²) < 4.78 is 5.69. The number of para-hydroxylation sites is 1. The Bertz CT molecular complexity index is 659. The molecule has 2 aromatic carbocycles. The van der Waals surface area contributed by atoms with Crippen LogP contribution >= 0.6 is 0 Å². The van der Waals surface area contributed by atoms with Gasteiger partial charge in [-0.15, -0.1) is 0 Å². The molecule has 2 atom stereocenters. The SMILES string of the molecule is CC1CN(C(=O)c2ccccc2)OC(c2ccccc2O)O1. The highest BCUT2D eigenvalue weighted by atomic mass is 16.8. The highest BCUT2D eigenvalue weighted by molar-refractivity contribution is 5.93. The van der Waals surface area contributed by atoms with Gasteiger partial charge >= 0.3 is 0 Å². The van der Waals surface area contributed by atoms with E-state index in [0.717, 1.165) is 0 Å². The first-order chi connectivity index (χ1) is 10.6. The second-order valence-corrected chi connectivity index (χ2v) is 5.18. The lowest BCUT2D eigenvalue weighted by atomic mass is 10.2.